The molecule has 21 heavy (non-hydrogen) atoms. The summed E-state index contributed by atoms with van der Waals surface area (Å²) in [5, 5.41) is 22.3. The highest BCUT2D eigenvalue weighted by atomic mass is 16.5. The smallest absolute Gasteiger partial charge is 0.374 e. The van der Waals surface area contributed by atoms with Crippen molar-refractivity contribution in [3.63, 3.8) is 0 Å². The van der Waals surface area contributed by atoms with E-state index in [1.165, 1.54) is 26.4 Å². The van der Waals surface area contributed by atoms with Crippen molar-refractivity contribution in [1.29, 1.82) is 0 Å². The first-order valence-corrected chi connectivity index (χ1v) is 5.67. The number of methoxy groups -OCH3 is 2. The van der Waals surface area contributed by atoms with Gasteiger partial charge in [0, 0.05) is 17.7 Å². The Labute approximate surface area is 118 Å². The first kappa shape index (κ1) is 14.4. The number of esters is 1. The van der Waals surface area contributed by atoms with Crippen LogP contribution in [0.15, 0.2) is 22.7 Å². The summed E-state index contributed by atoms with van der Waals surface area (Å²) in [6.07, 6.45) is 0. The summed E-state index contributed by atoms with van der Waals surface area (Å²) in [7, 11) is 2.53. The van der Waals surface area contributed by atoms with Crippen LogP contribution < -0.4 is 4.74 Å². The van der Waals surface area contributed by atoms with Crippen LogP contribution in [0.1, 0.15) is 20.9 Å². The summed E-state index contributed by atoms with van der Waals surface area (Å²) in [4.78, 5) is 22.4. The van der Waals surface area contributed by atoms with Gasteiger partial charge in [0.1, 0.15) is 22.8 Å². The van der Waals surface area contributed by atoms with E-state index in [0.29, 0.717) is 0 Å². The molecular weight excluding hydrogens is 282 g/mol. The molecule has 0 aliphatic carbocycles. The Kier molecular flexibility index (Phi) is 3.79. The Morgan fingerprint density at radius 3 is 2.48 bits per heavy atom. The highest BCUT2D eigenvalue weighted by molar-refractivity contribution is 5.95. The molecule has 0 atom stereocenters. The molecule has 8 heteroatoms. The molecule has 0 saturated heterocycles. The predicted molar refractivity (Wildman–Crippen MR) is 68.5 cm³/mol. The summed E-state index contributed by atoms with van der Waals surface area (Å²) < 4.78 is 14.2. The van der Waals surface area contributed by atoms with Crippen molar-refractivity contribution in [3.8, 4) is 22.8 Å². The molecule has 0 bridgehead atoms. The number of benzene rings is 1. The van der Waals surface area contributed by atoms with E-state index in [9.17, 15) is 14.7 Å². The Balaban J connectivity index is 2.57. The zero-order valence-corrected chi connectivity index (χ0v) is 11.1. The Morgan fingerprint density at radius 1 is 1.24 bits per heavy atom. The number of carbonyl (C=O) groups is 2. The monoisotopic (exact) mass is 293 g/mol. The summed E-state index contributed by atoms with van der Waals surface area (Å²) >= 11 is 0. The van der Waals surface area contributed by atoms with E-state index in [0.717, 1.165) is 6.07 Å². The number of nitrogens with zero attached hydrogens (tertiary/aromatic N) is 1. The van der Waals surface area contributed by atoms with Crippen molar-refractivity contribution in [2.24, 2.45) is 0 Å². The normalized spacial score (nSPS) is 10.2. The average molecular weight is 293 g/mol. The van der Waals surface area contributed by atoms with Gasteiger partial charge in [0.2, 0.25) is 5.76 Å². The van der Waals surface area contributed by atoms with Crippen LogP contribution in [-0.2, 0) is 4.74 Å². The number of carboxylic acid groups (broad SMARTS) is 1. The van der Waals surface area contributed by atoms with Gasteiger partial charge in [-0.25, -0.2) is 9.59 Å². The number of aromatic nitrogens is 1. The van der Waals surface area contributed by atoms with Gasteiger partial charge < -0.3 is 24.2 Å². The maximum Gasteiger partial charge on any atom is 0.374 e. The molecule has 2 aromatic rings. The van der Waals surface area contributed by atoms with E-state index in [4.69, 9.17) is 9.84 Å². The number of hydrogen-bond acceptors (Lipinski definition) is 7. The highest BCUT2D eigenvalue weighted by Gasteiger charge is 2.20. The molecule has 1 aromatic carbocycles. The third-order valence-corrected chi connectivity index (χ3v) is 2.72. The number of aromatic hydroxyl groups is 1. The lowest BCUT2D eigenvalue weighted by Crippen LogP contribution is -2.04. The van der Waals surface area contributed by atoms with Crippen LogP contribution in [0.4, 0.5) is 0 Å². The number of carboxylic acids is 1. The van der Waals surface area contributed by atoms with Gasteiger partial charge in [0.15, 0.2) is 0 Å². The molecule has 0 aliphatic rings. The molecule has 0 unspecified atom stereocenters. The van der Waals surface area contributed by atoms with Gasteiger partial charge in [0.05, 0.1) is 14.2 Å². The topological polar surface area (TPSA) is 119 Å². The first-order valence-electron chi connectivity index (χ1n) is 5.67. The fraction of sp³-hybridized carbons (Fsp3) is 0.154. The van der Waals surface area contributed by atoms with Crippen LogP contribution >= 0.6 is 0 Å². The summed E-state index contributed by atoms with van der Waals surface area (Å²) in [6, 6.07) is 3.62. The summed E-state index contributed by atoms with van der Waals surface area (Å²) in [6.45, 7) is 0. The van der Waals surface area contributed by atoms with Crippen LogP contribution in [-0.4, -0.2) is 41.5 Å². The number of aromatic carboxylic acids is 1. The molecule has 8 nitrogen and oxygen atoms in total. The largest absolute Gasteiger partial charge is 0.507 e. The van der Waals surface area contributed by atoms with E-state index in [-0.39, 0.29) is 34.1 Å². The van der Waals surface area contributed by atoms with E-state index in [2.05, 4.69) is 14.4 Å². The standard InChI is InChI=1S/C13H11NO7/c1-19-10-5-9(15)6(3-7(10)13(18)20-2)8-4-11(12(16)17)21-14-8/h3-5,15H,1-2H3,(H,16,17). The third kappa shape index (κ3) is 2.64. The van der Waals surface area contributed by atoms with Gasteiger partial charge in [-0.15, -0.1) is 0 Å². The second-order valence-electron chi connectivity index (χ2n) is 3.94. The minimum Gasteiger partial charge on any atom is -0.507 e. The second kappa shape index (κ2) is 5.53. The fourth-order valence-electron chi connectivity index (χ4n) is 1.72. The SMILES string of the molecule is COC(=O)c1cc(-c2cc(C(=O)O)on2)c(O)cc1OC. The number of phenols is 1. The molecule has 0 spiro atoms. The van der Waals surface area contributed by atoms with E-state index in [1.807, 2.05) is 0 Å². The van der Waals surface area contributed by atoms with Crippen molar-refractivity contribution in [1.82, 2.24) is 5.16 Å². The predicted octanol–water partition coefficient (Wildman–Crippen LogP) is 1.54. The van der Waals surface area contributed by atoms with Crippen LogP contribution in [0.3, 0.4) is 0 Å². The first-order chi connectivity index (χ1) is 9.97. The van der Waals surface area contributed by atoms with Crippen LogP contribution in [0.25, 0.3) is 11.3 Å². The fourth-order valence-corrected chi connectivity index (χ4v) is 1.72. The summed E-state index contributed by atoms with van der Waals surface area (Å²) in [5.41, 5.74) is 0.248. The van der Waals surface area contributed by atoms with Crippen molar-refractivity contribution >= 4 is 11.9 Å². The van der Waals surface area contributed by atoms with Gasteiger partial charge in [-0.05, 0) is 6.07 Å². The van der Waals surface area contributed by atoms with Crippen molar-refractivity contribution in [2.45, 2.75) is 0 Å². The molecule has 110 valence electrons. The minimum atomic E-state index is -1.30. The Hall–Kier alpha value is -3.03. The van der Waals surface area contributed by atoms with E-state index in [1.54, 1.807) is 0 Å². The number of hydrogen-bond donors (Lipinski definition) is 2. The molecule has 2 rings (SSSR count). The highest BCUT2D eigenvalue weighted by Crippen LogP contribution is 2.35. The van der Waals surface area contributed by atoms with Crippen molar-refractivity contribution < 1.29 is 33.8 Å². The lowest BCUT2D eigenvalue weighted by atomic mass is 10.1. The third-order valence-electron chi connectivity index (χ3n) is 2.72. The van der Waals surface area contributed by atoms with Gasteiger partial charge >= 0.3 is 11.9 Å². The number of carbonyl (C=O) groups excluding carboxylic acids is 1. The zero-order valence-electron chi connectivity index (χ0n) is 11.1. The van der Waals surface area contributed by atoms with Gasteiger partial charge in [-0.3, -0.25) is 0 Å². The number of phenolic OH excluding ortho intramolecular Hbond substituents is 1. The van der Waals surface area contributed by atoms with Crippen LogP contribution in [0.5, 0.6) is 11.5 Å². The van der Waals surface area contributed by atoms with Crippen molar-refractivity contribution in [3.05, 3.63) is 29.5 Å². The van der Waals surface area contributed by atoms with Crippen molar-refractivity contribution in [2.75, 3.05) is 14.2 Å². The van der Waals surface area contributed by atoms with E-state index >= 15 is 0 Å². The Bertz CT molecular complexity index is 705. The molecule has 1 aromatic heterocycles. The Morgan fingerprint density at radius 2 is 1.95 bits per heavy atom. The number of ether oxygens (including phenoxy) is 2. The van der Waals surface area contributed by atoms with Crippen LogP contribution in [0.2, 0.25) is 0 Å². The van der Waals surface area contributed by atoms with Gasteiger partial charge in [-0.2, -0.15) is 0 Å². The second-order valence-corrected chi connectivity index (χ2v) is 3.94. The summed E-state index contributed by atoms with van der Waals surface area (Å²) in [5.74, 6) is -2.49. The molecule has 0 saturated carbocycles. The lowest BCUT2D eigenvalue weighted by molar-refractivity contribution is 0.0595. The molecule has 0 aliphatic heterocycles. The zero-order chi connectivity index (χ0) is 15.6. The minimum absolute atomic E-state index is 0.0627. The van der Waals surface area contributed by atoms with Gasteiger partial charge in [-0.1, -0.05) is 5.16 Å². The maximum atomic E-state index is 11.7. The molecule has 2 N–H and O–H groups in total. The van der Waals surface area contributed by atoms with Gasteiger partial charge in [0.25, 0.3) is 0 Å². The molecular formula is C13H11NO7. The number of rotatable bonds is 4. The molecule has 0 amide bonds. The average Bonchev–Trinajstić information content (AvgIpc) is 2.95. The lowest BCUT2D eigenvalue weighted by Gasteiger charge is -2.09. The maximum absolute atomic E-state index is 11.7. The molecule has 0 fully saturated rings. The van der Waals surface area contributed by atoms with E-state index < -0.39 is 11.9 Å². The molecule has 1 heterocycles. The quantitative estimate of drug-likeness (QED) is 0.815. The molecule has 0 radical (unpaired) electrons. The van der Waals surface area contributed by atoms with Crippen LogP contribution in [0, 0.1) is 0 Å².